The zero-order valence-corrected chi connectivity index (χ0v) is 16.3. The molecule has 1 N–H and O–H groups in total. The minimum atomic E-state index is -0.360. The number of nitrogens with zero attached hydrogens (tertiary/aromatic N) is 5. The summed E-state index contributed by atoms with van der Waals surface area (Å²) in [5.41, 5.74) is 1.83. The summed E-state index contributed by atoms with van der Waals surface area (Å²) < 4.78 is 28.4. The maximum atomic E-state index is 14.6. The van der Waals surface area contributed by atoms with Gasteiger partial charge in [0, 0.05) is 11.9 Å². The predicted molar refractivity (Wildman–Crippen MR) is 106 cm³/mol. The van der Waals surface area contributed by atoms with Gasteiger partial charge in [0.15, 0.2) is 6.04 Å². The molecule has 0 bridgehead atoms. The summed E-state index contributed by atoms with van der Waals surface area (Å²) in [4.78, 5) is 13.2. The number of quaternary nitrogens is 1. The Morgan fingerprint density at radius 2 is 2.17 bits per heavy atom. The predicted octanol–water partition coefficient (Wildman–Crippen LogP) is 2.58. The van der Waals surface area contributed by atoms with Crippen LogP contribution in [0.2, 0.25) is 0 Å². The molecule has 0 radical (unpaired) electrons. The van der Waals surface area contributed by atoms with Crippen LogP contribution >= 0.6 is 0 Å². The molecular formula is C20H22FN6O2+. The molecule has 9 heteroatoms. The van der Waals surface area contributed by atoms with Crippen LogP contribution in [0.1, 0.15) is 5.69 Å². The second-order valence-corrected chi connectivity index (χ2v) is 7.63. The lowest BCUT2D eigenvalue weighted by atomic mass is 10.1. The Balaban J connectivity index is 1.43. The molecule has 0 aliphatic carbocycles. The van der Waals surface area contributed by atoms with Gasteiger partial charge in [-0.1, -0.05) is 0 Å². The number of hydrogen-bond donors (Lipinski definition) is 1. The van der Waals surface area contributed by atoms with Crippen molar-refractivity contribution in [1.82, 2.24) is 24.0 Å². The van der Waals surface area contributed by atoms with Crippen molar-refractivity contribution in [2.45, 2.75) is 13.0 Å². The highest BCUT2D eigenvalue weighted by Crippen LogP contribution is 2.38. The number of likely N-dealkylation sites (N-methyl/N-ethyl adjacent to an activating group) is 1. The fraction of sp³-hybridized carbons (Fsp3) is 0.350. The fourth-order valence-corrected chi connectivity index (χ4v) is 3.86. The number of aromatic nitrogens is 4. The Kier molecular flexibility index (Phi) is 4.21. The topological polar surface area (TPSA) is 74.1 Å². The van der Waals surface area contributed by atoms with Gasteiger partial charge < -0.3 is 19.4 Å². The molecule has 150 valence electrons. The number of rotatable bonds is 3. The van der Waals surface area contributed by atoms with E-state index in [-0.39, 0.29) is 11.9 Å². The molecule has 2 unspecified atom stereocenters. The Bertz CT molecular complexity index is 1070. The van der Waals surface area contributed by atoms with E-state index in [1.807, 2.05) is 6.92 Å². The molecule has 0 spiro atoms. The number of morpholine rings is 1. The molecule has 1 aromatic carbocycles. The summed E-state index contributed by atoms with van der Waals surface area (Å²) >= 11 is 0. The number of halogens is 1. The summed E-state index contributed by atoms with van der Waals surface area (Å²) in [6.07, 6.45) is 5.05. The van der Waals surface area contributed by atoms with E-state index in [2.05, 4.69) is 22.3 Å². The van der Waals surface area contributed by atoms with E-state index in [0.717, 1.165) is 18.1 Å². The molecule has 8 nitrogen and oxygen atoms in total. The summed E-state index contributed by atoms with van der Waals surface area (Å²) in [6, 6.07) is 5.12. The number of nitrogens with one attached hydrogen (secondary N) is 1. The Morgan fingerprint density at radius 3 is 2.97 bits per heavy atom. The molecule has 1 fully saturated rings. The molecule has 2 aliphatic rings. The van der Waals surface area contributed by atoms with Crippen LogP contribution in [0.25, 0.3) is 5.69 Å². The van der Waals surface area contributed by atoms with Crippen LogP contribution in [0.4, 0.5) is 21.8 Å². The zero-order chi connectivity index (χ0) is 20.0. The van der Waals surface area contributed by atoms with Gasteiger partial charge in [-0.15, -0.1) is 0 Å². The van der Waals surface area contributed by atoms with Crippen LogP contribution < -0.4 is 14.5 Å². The monoisotopic (exact) mass is 397 g/mol. The third-order valence-electron chi connectivity index (χ3n) is 5.66. The van der Waals surface area contributed by atoms with Crippen molar-refractivity contribution in [3.05, 3.63) is 48.4 Å². The van der Waals surface area contributed by atoms with E-state index < -0.39 is 0 Å². The van der Waals surface area contributed by atoms with Gasteiger partial charge in [-0.25, -0.2) is 14.4 Å². The molecule has 2 aromatic heterocycles. The van der Waals surface area contributed by atoms with E-state index in [9.17, 15) is 4.39 Å². The number of benzene rings is 1. The van der Waals surface area contributed by atoms with Gasteiger partial charge in [0.2, 0.25) is 11.7 Å². The number of hydrogen-bond acceptors (Lipinski definition) is 6. The fourth-order valence-electron chi connectivity index (χ4n) is 3.86. The largest absolute Gasteiger partial charge is 0.479 e. The molecule has 2 aliphatic heterocycles. The highest BCUT2D eigenvalue weighted by atomic mass is 19.1. The van der Waals surface area contributed by atoms with E-state index in [1.54, 1.807) is 35.4 Å². The smallest absolute Gasteiger partial charge is 0.275 e. The third kappa shape index (κ3) is 3.12. The first kappa shape index (κ1) is 18.0. The van der Waals surface area contributed by atoms with Gasteiger partial charge in [-0.05, 0) is 25.1 Å². The van der Waals surface area contributed by atoms with Gasteiger partial charge in [0.05, 0.1) is 37.6 Å². The number of anilines is 2. The number of aryl methyl sites for hydroxylation is 1. The summed E-state index contributed by atoms with van der Waals surface area (Å²) in [7, 11) is 2.15. The van der Waals surface area contributed by atoms with E-state index in [1.165, 1.54) is 6.07 Å². The lowest BCUT2D eigenvalue weighted by Gasteiger charge is -2.45. The molecule has 0 saturated carbocycles. The van der Waals surface area contributed by atoms with Crippen LogP contribution in [-0.2, 0) is 4.74 Å². The standard InChI is InChI=1S/C20H22FN6O2/c1-13-9-26(12-23-13)17-4-3-14(7-16(17)21)24-20-22-8-18-19(25-20)27(2)5-6-28-10-15(27)11-29-18/h3-4,7-9,12,15H,5-6,10-11H2,1-2H3,(H,22,24,25)/q+1. The van der Waals surface area contributed by atoms with E-state index >= 15 is 0 Å². The van der Waals surface area contributed by atoms with Crippen LogP contribution in [-0.4, -0.2) is 59.0 Å². The van der Waals surface area contributed by atoms with Gasteiger partial charge in [-0.3, -0.25) is 4.48 Å². The van der Waals surface area contributed by atoms with Crippen molar-refractivity contribution in [2.24, 2.45) is 0 Å². The van der Waals surface area contributed by atoms with Crippen molar-refractivity contribution < 1.29 is 13.9 Å². The Morgan fingerprint density at radius 1 is 1.28 bits per heavy atom. The van der Waals surface area contributed by atoms with E-state index in [4.69, 9.17) is 14.5 Å². The highest BCUT2D eigenvalue weighted by molar-refractivity contribution is 5.60. The van der Waals surface area contributed by atoms with Crippen molar-refractivity contribution in [1.29, 1.82) is 0 Å². The molecule has 0 amide bonds. The van der Waals surface area contributed by atoms with Crippen molar-refractivity contribution in [3.8, 4) is 11.4 Å². The average Bonchev–Trinajstić information content (AvgIpc) is 3.14. The quantitative estimate of drug-likeness (QED) is 0.685. The van der Waals surface area contributed by atoms with Gasteiger partial charge in [0.25, 0.3) is 5.82 Å². The lowest BCUT2D eigenvalue weighted by Crippen LogP contribution is -2.64. The highest BCUT2D eigenvalue weighted by Gasteiger charge is 2.46. The summed E-state index contributed by atoms with van der Waals surface area (Å²) in [6.45, 7) is 4.59. The molecule has 1 saturated heterocycles. The maximum Gasteiger partial charge on any atom is 0.275 e. The summed E-state index contributed by atoms with van der Waals surface area (Å²) in [5, 5.41) is 3.11. The maximum absolute atomic E-state index is 14.6. The van der Waals surface area contributed by atoms with Crippen LogP contribution in [0.5, 0.6) is 5.75 Å². The number of imidazole rings is 1. The third-order valence-corrected chi connectivity index (χ3v) is 5.66. The Hall–Kier alpha value is -3.04. The molecule has 2 atom stereocenters. The zero-order valence-electron chi connectivity index (χ0n) is 16.3. The van der Waals surface area contributed by atoms with Crippen LogP contribution in [0, 0.1) is 12.7 Å². The summed E-state index contributed by atoms with van der Waals surface area (Å²) in [5.74, 6) is 1.56. The molecular weight excluding hydrogens is 375 g/mol. The van der Waals surface area contributed by atoms with Crippen molar-refractivity contribution >= 4 is 17.5 Å². The van der Waals surface area contributed by atoms with Gasteiger partial charge in [0.1, 0.15) is 25.6 Å². The normalized spacial score (nSPS) is 23.1. The second-order valence-electron chi connectivity index (χ2n) is 7.63. The number of fused-ring (bicyclic) bond motifs is 3. The van der Waals surface area contributed by atoms with Gasteiger partial charge >= 0.3 is 0 Å². The van der Waals surface area contributed by atoms with Gasteiger partial charge in [-0.2, -0.15) is 4.98 Å². The lowest BCUT2D eigenvalue weighted by molar-refractivity contribution is -0.0207. The van der Waals surface area contributed by atoms with E-state index in [0.29, 0.717) is 47.4 Å². The first-order valence-electron chi connectivity index (χ1n) is 9.54. The molecule has 4 heterocycles. The first-order valence-corrected chi connectivity index (χ1v) is 9.54. The number of ether oxygens (including phenoxy) is 2. The molecule has 29 heavy (non-hydrogen) atoms. The van der Waals surface area contributed by atoms with Crippen molar-refractivity contribution in [3.63, 3.8) is 0 Å². The van der Waals surface area contributed by atoms with Crippen molar-refractivity contribution in [2.75, 3.05) is 38.7 Å². The average molecular weight is 397 g/mol. The molecule has 3 aromatic rings. The molecule has 5 rings (SSSR count). The minimum absolute atomic E-state index is 0.203. The minimum Gasteiger partial charge on any atom is -0.479 e. The Labute approximate surface area is 167 Å². The van der Waals surface area contributed by atoms with Crippen LogP contribution in [0.3, 0.4) is 0 Å². The second kappa shape index (κ2) is 6.78. The first-order chi connectivity index (χ1) is 14.0. The SMILES string of the molecule is Cc1cn(-c2ccc(Nc3ncc4c(n3)[N+]3(C)CCOCC3CO4)cc2F)cn1. The van der Waals surface area contributed by atoms with Crippen LogP contribution in [0.15, 0.2) is 36.9 Å².